The highest BCUT2D eigenvalue weighted by Crippen LogP contribution is 2.37. The summed E-state index contributed by atoms with van der Waals surface area (Å²) in [5.41, 5.74) is 2.56. The van der Waals surface area contributed by atoms with Gasteiger partial charge in [0, 0.05) is 38.5 Å². The number of hydrazone groups is 1. The Hall–Kier alpha value is -3.63. The van der Waals surface area contributed by atoms with E-state index < -0.39 is 0 Å². The number of morpholine rings is 1. The van der Waals surface area contributed by atoms with Crippen LogP contribution in [0.15, 0.2) is 47.6 Å². The fraction of sp³-hybridized carbons (Fsp3) is 0.500. The van der Waals surface area contributed by atoms with Gasteiger partial charge in [-0.15, -0.1) is 0 Å². The van der Waals surface area contributed by atoms with E-state index in [1.54, 1.807) is 26.2 Å². The van der Waals surface area contributed by atoms with Crippen molar-refractivity contribution in [3.8, 4) is 17.2 Å². The molecule has 0 aliphatic carbocycles. The van der Waals surface area contributed by atoms with Gasteiger partial charge in [-0.05, 0) is 47.5 Å². The minimum atomic E-state index is -0.361. The molecule has 40 heavy (non-hydrogen) atoms. The van der Waals surface area contributed by atoms with E-state index in [2.05, 4.69) is 4.90 Å². The number of rotatable bonds is 11. The predicted molar refractivity (Wildman–Crippen MR) is 152 cm³/mol. The lowest BCUT2D eigenvalue weighted by atomic mass is 9.98. The standard InChI is InChI=1S/C30H40N4O6/c1-21(2)30(36)33(13-12-32-14-16-40-17-15-32)20-29(35)34-26(23-8-11-27(38-4)28(18-23)39-5)19-25(31-34)22-6-9-24(37-3)10-7-22/h6-11,18,21,26H,12-17,19-20H2,1-5H3/t26-/m0/s1. The van der Waals surface area contributed by atoms with Crippen LogP contribution in [0.5, 0.6) is 17.2 Å². The lowest BCUT2D eigenvalue weighted by molar-refractivity contribution is -0.143. The normalized spacial score (nSPS) is 17.5. The molecule has 4 rings (SSSR count). The van der Waals surface area contributed by atoms with Gasteiger partial charge in [0.2, 0.25) is 5.91 Å². The Balaban J connectivity index is 1.61. The first kappa shape index (κ1) is 29.4. The number of nitrogens with zero attached hydrogens (tertiary/aromatic N) is 4. The molecule has 2 aliphatic heterocycles. The van der Waals surface area contributed by atoms with Gasteiger partial charge in [0.1, 0.15) is 12.3 Å². The van der Waals surface area contributed by atoms with Crippen molar-refractivity contribution in [1.82, 2.24) is 14.8 Å². The number of benzene rings is 2. The number of ether oxygens (including phenoxy) is 4. The summed E-state index contributed by atoms with van der Waals surface area (Å²) in [4.78, 5) is 31.0. The number of amides is 2. The fourth-order valence-corrected chi connectivity index (χ4v) is 4.97. The third-order valence-electron chi connectivity index (χ3n) is 7.30. The van der Waals surface area contributed by atoms with Crippen molar-refractivity contribution in [3.05, 3.63) is 53.6 Å². The van der Waals surface area contributed by atoms with Crippen molar-refractivity contribution in [2.75, 3.05) is 67.3 Å². The van der Waals surface area contributed by atoms with Gasteiger partial charge in [-0.3, -0.25) is 14.5 Å². The molecule has 1 atom stereocenters. The van der Waals surface area contributed by atoms with Crippen LogP contribution in [0.2, 0.25) is 0 Å². The molecule has 1 saturated heterocycles. The summed E-state index contributed by atoms with van der Waals surface area (Å²) < 4.78 is 21.7. The summed E-state index contributed by atoms with van der Waals surface area (Å²) in [6.45, 7) is 7.82. The average molecular weight is 553 g/mol. The van der Waals surface area contributed by atoms with Gasteiger partial charge >= 0.3 is 0 Å². The second kappa shape index (κ2) is 13.6. The summed E-state index contributed by atoms with van der Waals surface area (Å²) in [5.74, 6) is 1.41. The quantitative estimate of drug-likeness (QED) is 0.423. The van der Waals surface area contributed by atoms with Gasteiger partial charge in [-0.2, -0.15) is 5.10 Å². The number of hydrogen-bond donors (Lipinski definition) is 0. The van der Waals surface area contributed by atoms with E-state index in [-0.39, 0.29) is 30.3 Å². The topological polar surface area (TPSA) is 93.1 Å². The van der Waals surface area contributed by atoms with E-state index in [0.717, 1.165) is 35.7 Å². The molecule has 10 heteroatoms. The van der Waals surface area contributed by atoms with Gasteiger partial charge < -0.3 is 23.8 Å². The molecule has 0 N–H and O–H groups in total. The van der Waals surface area contributed by atoms with Crippen LogP contribution in [0.1, 0.15) is 37.4 Å². The maximum absolute atomic E-state index is 13.9. The van der Waals surface area contributed by atoms with Crippen molar-refractivity contribution >= 4 is 17.5 Å². The number of hydrogen-bond acceptors (Lipinski definition) is 8. The van der Waals surface area contributed by atoms with Crippen molar-refractivity contribution in [2.45, 2.75) is 26.3 Å². The molecule has 0 saturated carbocycles. The van der Waals surface area contributed by atoms with Crippen LogP contribution in [0.4, 0.5) is 0 Å². The van der Waals surface area contributed by atoms with Crippen molar-refractivity contribution in [2.24, 2.45) is 11.0 Å². The number of carbonyl (C=O) groups excluding carboxylic acids is 2. The minimum Gasteiger partial charge on any atom is -0.497 e. The van der Waals surface area contributed by atoms with Crippen molar-refractivity contribution in [3.63, 3.8) is 0 Å². The van der Waals surface area contributed by atoms with Crippen LogP contribution in [0, 0.1) is 5.92 Å². The molecule has 2 aromatic carbocycles. The third-order valence-corrected chi connectivity index (χ3v) is 7.30. The Morgan fingerprint density at radius 2 is 1.70 bits per heavy atom. The molecule has 10 nitrogen and oxygen atoms in total. The lowest BCUT2D eigenvalue weighted by Gasteiger charge is -2.31. The Kier molecular flexibility index (Phi) is 10.0. The second-order valence-electron chi connectivity index (χ2n) is 10.2. The first-order chi connectivity index (χ1) is 19.3. The highest BCUT2D eigenvalue weighted by Gasteiger charge is 2.35. The van der Waals surface area contributed by atoms with Crippen LogP contribution in [-0.2, 0) is 14.3 Å². The lowest BCUT2D eigenvalue weighted by Crippen LogP contribution is -2.47. The molecule has 2 amide bonds. The summed E-state index contributed by atoms with van der Waals surface area (Å²) >= 11 is 0. The minimum absolute atomic E-state index is 0.0511. The van der Waals surface area contributed by atoms with Crippen LogP contribution < -0.4 is 14.2 Å². The van der Waals surface area contributed by atoms with Crippen molar-refractivity contribution < 1.29 is 28.5 Å². The summed E-state index contributed by atoms with van der Waals surface area (Å²) in [5, 5.41) is 6.32. The van der Waals surface area contributed by atoms with Gasteiger partial charge in [-0.1, -0.05) is 19.9 Å². The Morgan fingerprint density at radius 1 is 1.00 bits per heavy atom. The highest BCUT2D eigenvalue weighted by molar-refractivity contribution is 6.03. The van der Waals surface area contributed by atoms with Gasteiger partial charge in [0.05, 0.1) is 46.3 Å². The average Bonchev–Trinajstić information content (AvgIpc) is 3.44. The molecule has 2 aromatic rings. The van der Waals surface area contributed by atoms with Gasteiger partial charge in [0.25, 0.3) is 5.91 Å². The maximum atomic E-state index is 13.9. The molecule has 0 unspecified atom stereocenters. The zero-order valence-corrected chi connectivity index (χ0v) is 24.1. The molecule has 0 aromatic heterocycles. The number of carbonyl (C=O) groups is 2. The van der Waals surface area contributed by atoms with Crippen molar-refractivity contribution in [1.29, 1.82) is 0 Å². The smallest absolute Gasteiger partial charge is 0.262 e. The molecular weight excluding hydrogens is 512 g/mol. The second-order valence-corrected chi connectivity index (χ2v) is 10.2. The van der Waals surface area contributed by atoms with E-state index in [4.69, 9.17) is 24.0 Å². The number of methoxy groups -OCH3 is 3. The zero-order chi connectivity index (χ0) is 28.6. The van der Waals surface area contributed by atoms with E-state index >= 15 is 0 Å². The van der Waals surface area contributed by atoms with Crippen LogP contribution in [-0.4, -0.2) is 99.6 Å². The molecule has 0 bridgehead atoms. The Morgan fingerprint density at radius 3 is 2.33 bits per heavy atom. The van der Waals surface area contributed by atoms with E-state index in [9.17, 15) is 9.59 Å². The first-order valence-corrected chi connectivity index (χ1v) is 13.7. The molecule has 216 valence electrons. The van der Waals surface area contributed by atoms with E-state index in [1.807, 2.05) is 56.3 Å². The Labute approximate surface area is 236 Å². The summed E-state index contributed by atoms with van der Waals surface area (Å²) in [6.07, 6.45) is 0.513. The van der Waals surface area contributed by atoms with Crippen LogP contribution in [0.3, 0.4) is 0 Å². The van der Waals surface area contributed by atoms with Crippen LogP contribution >= 0.6 is 0 Å². The molecule has 1 fully saturated rings. The molecule has 0 radical (unpaired) electrons. The van der Waals surface area contributed by atoms with E-state index in [0.29, 0.717) is 44.2 Å². The summed E-state index contributed by atoms with van der Waals surface area (Å²) in [7, 11) is 4.80. The zero-order valence-electron chi connectivity index (χ0n) is 24.1. The molecule has 2 heterocycles. The largest absolute Gasteiger partial charge is 0.497 e. The monoisotopic (exact) mass is 552 g/mol. The highest BCUT2D eigenvalue weighted by atomic mass is 16.5. The molecule has 2 aliphatic rings. The van der Waals surface area contributed by atoms with Gasteiger partial charge in [-0.25, -0.2) is 5.01 Å². The maximum Gasteiger partial charge on any atom is 0.262 e. The Bertz CT molecular complexity index is 1190. The van der Waals surface area contributed by atoms with Crippen LogP contribution in [0.25, 0.3) is 0 Å². The fourth-order valence-electron chi connectivity index (χ4n) is 4.97. The first-order valence-electron chi connectivity index (χ1n) is 13.7. The van der Waals surface area contributed by atoms with Gasteiger partial charge in [0.15, 0.2) is 11.5 Å². The molecule has 0 spiro atoms. The third kappa shape index (κ3) is 6.92. The molecular formula is C30H40N4O6. The van der Waals surface area contributed by atoms with E-state index in [1.165, 1.54) is 5.01 Å². The SMILES string of the molecule is COc1ccc(C2=NN(C(=O)CN(CCN3CCOCC3)C(=O)C(C)C)[C@H](c3ccc(OC)c(OC)c3)C2)cc1. The summed E-state index contributed by atoms with van der Waals surface area (Å²) in [6, 6.07) is 12.9. The predicted octanol–water partition coefficient (Wildman–Crippen LogP) is 3.21.